The number of rotatable bonds is 0. The lowest BCUT2D eigenvalue weighted by atomic mass is 10.1. The van der Waals surface area contributed by atoms with Crippen molar-refractivity contribution in [2.75, 3.05) is 13.1 Å². The van der Waals surface area contributed by atoms with Crippen molar-refractivity contribution in [3.63, 3.8) is 0 Å². The van der Waals surface area contributed by atoms with Gasteiger partial charge in [-0.15, -0.1) is 0 Å². The Labute approximate surface area is 72.3 Å². The van der Waals surface area contributed by atoms with E-state index in [2.05, 4.69) is 15.9 Å². The first-order valence-electron chi connectivity index (χ1n) is 3.26. The lowest BCUT2D eigenvalue weighted by Gasteiger charge is -2.25. The summed E-state index contributed by atoms with van der Waals surface area (Å²) >= 11 is 3.16. The number of Topliss-reactive ketones (excluding diaryl/α,β-unsaturated/α-hetero) is 1. The molecule has 0 saturated carbocycles. The normalized spacial score (nSPS) is 25.4. The minimum atomic E-state index is -1.02. The third-order valence-corrected chi connectivity index (χ3v) is 2.59. The highest BCUT2D eigenvalue weighted by Gasteiger charge is 2.27. The quantitative estimate of drug-likeness (QED) is 0.614. The highest BCUT2D eigenvalue weighted by molar-refractivity contribution is 9.10. The minimum absolute atomic E-state index is 0.0191. The number of ketones is 1. The van der Waals surface area contributed by atoms with Crippen LogP contribution in [0.5, 0.6) is 0 Å². The monoisotopic (exact) mass is 221 g/mol. The summed E-state index contributed by atoms with van der Waals surface area (Å²) in [6.45, 7) is 0.461. The number of alkyl halides is 1. The molecule has 0 aromatic carbocycles. The second-order valence-electron chi connectivity index (χ2n) is 2.43. The second kappa shape index (κ2) is 3.21. The molecule has 1 fully saturated rings. The van der Waals surface area contributed by atoms with Crippen LogP contribution in [-0.4, -0.2) is 39.8 Å². The molecule has 4 nitrogen and oxygen atoms in total. The van der Waals surface area contributed by atoms with Gasteiger partial charge in [0, 0.05) is 6.54 Å². The van der Waals surface area contributed by atoms with Crippen LogP contribution >= 0.6 is 15.9 Å². The van der Waals surface area contributed by atoms with E-state index in [1.54, 1.807) is 0 Å². The molecular weight excluding hydrogens is 214 g/mol. The molecule has 1 aliphatic heterocycles. The molecular formula is C6H8BrNO3. The number of piperidine rings is 1. The van der Waals surface area contributed by atoms with Gasteiger partial charge in [-0.25, -0.2) is 4.79 Å². The van der Waals surface area contributed by atoms with Crippen molar-refractivity contribution in [1.82, 2.24) is 4.90 Å². The first kappa shape index (κ1) is 8.52. The SMILES string of the molecule is O=C1CN(C(=O)O)CCC1Br. The maximum absolute atomic E-state index is 11.0. The van der Waals surface area contributed by atoms with Crippen LogP contribution < -0.4 is 0 Å². The van der Waals surface area contributed by atoms with E-state index in [9.17, 15) is 9.59 Å². The van der Waals surface area contributed by atoms with E-state index in [0.29, 0.717) is 13.0 Å². The van der Waals surface area contributed by atoms with Crippen molar-refractivity contribution >= 4 is 27.8 Å². The van der Waals surface area contributed by atoms with Crippen LogP contribution in [0.3, 0.4) is 0 Å². The summed E-state index contributed by atoms with van der Waals surface area (Å²) in [5.41, 5.74) is 0. The number of carbonyl (C=O) groups excluding carboxylic acids is 1. The maximum Gasteiger partial charge on any atom is 0.407 e. The highest BCUT2D eigenvalue weighted by Crippen LogP contribution is 2.14. The van der Waals surface area contributed by atoms with Gasteiger partial charge in [0.25, 0.3) is 0 Å². The Balaban J connectivity index is 2.53. The van der Waals surface area contributed by atoms with Crippen molar-refractivity contribution in [2.24, 2.45) is 0 Å². The zero-order valence-electron chi connectivity index (χ0n) is 5.79. The van der Waals surface area contributed by atoms with Gasteiger partial charge in [0.2, 0.25) is 0 Å². The Hall–Kier alpha value is -0.580. The highest BCUT2D eigenvalue weighted by atomic mass is 79.9. The average molecular weight is 222 g/mol. The van der Waals surface area contributed by atoms with E-state index < -0.39 is 6.09 Å². The first-order valence-corrected chi connectivity index (χ1v) is 4.17. The molecule has 0 bridgehead atoms. The van der Waals surface area contributed by atoms with Gasteiger partial charge >= 0.3 is 6.09 Å². The van der Waals surface area contributed by atoms with E-state index in [-0.39, 0.29) is 17.2 Å². The van der Waals surface area contributed by atoms with Gasteiger partial charge in [0.15, 0.2) is 5.78 Å². The van der Waals surface area contributed by atoms with Crippen molar-refractivity contribution in [1.29, 1.82) is 0 Å². The second-order valence-corrected chi connectivity index (χ2v) is 3.53. The summed E-state index contributed by atoms with van der Waals surface area (Å²) < 4.78 is 0. The Morgan fingerprint density at radius 3 is 2.82 bits per heavy atom. The summed E-state index contributed by atoms with van der Waals surface area (Å²) in [5, 5.41) is 8.50. The molecule has 1 heterocycles. The topological polar surface area (TPSA) is 57.6 Å². The zero-order chi connectivity index (χ0) is 8.43. The number of hydrogen-bond donors (Lipinski definition) is 1. The molecule has 0 aliphatic carbocycles. The lowest BCUT2D eigenvalue weighted by Crippen LogP contribution is -2.43. The lowest BCUT2D eigenvalue weighted by molar-refractivity contribution is -0.120. The molecule has 1 amide bonds. The van der Waals surface area contributed by atoms with Crippen molar-refractivity contribution < 1.29 is 14.7 Å². The number of carboxylic acid groups (broad SMARTS) is 1. The van der Waals surface area contributed by atoms with E-state index in [1.165, 1.54) is 0 Å². The van der Waals surface area contributed by atoms with Crippen LogP contribution in [0.15, 0.2) is 0 Å². The van der Waals surface area contributed by atoms with Gasteiger partial charge in [0.05, 0.1) is 11.4 Å². The molecule has 0 aromatic heterocycles. The molecule has 1 N–H and O–H groups in total. The molecule has 11 heavy (non-hydrogen) atoms. The predicted molar refractivity (Wildman–Crippen MR) is 41.9 cm³/mol. The minimum Gasteiger partial charge on any atom is -0.465 e. The molecule has 0 aromatic rings. The average Bonchev–Trinajstić information content (AvgIpc) is 1.94. The molecule has 1 rings (SSSR count). The predicted octanol–water partition coefficient (Wildman–Crippen LogP) is 0.703. The smallest absolute Gasteiger partial charge is 0.407 e. The summed E-state index contributed by atoms with van der Waals surface area (Å²) in [7, 11) is 0. The molecule has 0 spiro atoms. The van der Waals surface area contributed by atoms with Crippen LogP contribution in [0.4, 0.5) is 4.79 Å². The van der Waals surface area contributed by atoms with Crippen molar-refractivity contribution in [2.45, 2.75) is 11.2 Å². The Morgan fingerprint density at radius 2 is 2.36 bits per heavy atom. The van der Waals surface area contributed by atoms with Gasteiger partial charge in [-0.3, -0.25) is 4.79 Å². The van der Waals surface area contributed by atoms with Crippen LogP contribution in [0.1, 0.15) is 6.42 Å². The molecule has 62 valence electrons. The summed E-state index contributed by atoms with van der Waals surface area (Å²) in [6.07, 6.45) is -0.441. The van der Waals surface area contributed by atoms with E-state index >= 15 is 0 Å². The number of amides is 1. The van der Waals surface area contributed by atoms with Gasteiger partial charge in [-0.05, 0) is 6.42 Å². The maximum atomic E-state index is 11.0. The van der Waals surface area contributed by atoms with Gasteiger partial charge in [-0.1, -0.05) is 15.9 Å². The van der Waals surface area contributed by atoms with E-state index in [4.69, 9.17) is 5.11 Å². The fraction of sp³-hybridized carbons (Fsp3) is 0.667. The third-order valence-electron chi connectivity index (χ3n) is 1.62. The fourth-order valence-electron chi connectivity index (χ4n) is 0.960. The van der Waals surface area contributed by atoms with Gasteiger partial charge in [-0.2, -0.15) is 0 Å². The summed E-state index contributed by atoms with van der Waals surface area (Å²) in [4.78, 5) is 22.3. The van der Waals surface area contributed by atoms with Crippen LogP contribution in [0, 0.1) is 0 Å². The number of hydrogen-bond acceptors (Lipinski definition) is 2. The van der Waals surface area contributed by atoms with Gasteiger partial charge in [0.1, 0.15) is 0 Å². The van der Waals surface area contributed by atoms with Crippen LogP contribution in [0.2, 0.25) is 0 Å². The summed E-state index contributed by atoms with van der Waals surface area (Å²) in [5.74, 6) is -0.0568. The zero-order valence-corrected chi connectivity index (χ0v) is 7.37. The number of halogens is 1. The fourth-order valence-corrected chi connectivity index (χ4v) is 1.31. The number of likely N-dealkylation sites (tertiary alicyclic amines) is 1. The Kier molecular flexibility index (Phi) is 2.49. The molecule has 1 unspecified atom stereocenters. The van der Waals surface area contributed by atoms with E-state index in [0.717, 1.165) is 4.90 Å². The number of carbonyl (C=O) groups is 2. The molecule has 1 aliphatic rings. The molecule has 0 radical (unpaired) electrons. The standard InChI is InChI=1S/C6H8BrNO3/c7-4-1-2-8(6(10)11)3-5(4)9/h4H,1-3H2,(H,10,11). The van der Waals surface area contributed by atoms with E-state index in [1.807, 2.05) is 0 Å². The van der Waals surface area contributed by atoms with Crippen molar-refractivity contribution in [3.05, 3.63) is 0 Å². The third kappa shape index (κ3) is 1.92. The Bertz CT molecular complexity index is 194. The van der Waals surface area contributed by atoms with Crippen molar-refractivity contribution in [3.8, 4) is 0 Å². The van der Waals surface area contributed by atoms with Gasteiger partial charge < -0.3 is 10.0 Å². The molecule has 5 heteroatoms. The van der Waals surface area contributed by atoms with Crippen LogP contribution in [-0.2, 0) is 4.79 Å². The molecule has 1 atom stereocenters. The van der Waals surface area contributed by atoms with Crippen LogP contribution in [0.25, 0.3) is 0 Å². The summed E-state index contributed by atoms with van der Waals surface area (Å²) in [6, 6.07) is 0. The largest absolute Gasteiger partial charge is 0.465 e. The molecule has 1 saturated heterocycles. The Morgan fingerprint density at radius 1 is 1.73 bits per heavy atom. The number of nitrogens with zero attached hydrogens (tertiary/aromatic N) is 1. The first-order chi connectivity index (χ1) is 5.11.